The van der Waals surface area contributed by atoms with Crippen molar-refractivity contribution >= 4 is 17.8 Å². The first-order chi connectivity index (χ1) is 13.1. The third-order valence-electron chi connectivity index (χ3n) is 4.53. The van der Waals surface area contributed by atoms with Gasteiger partial charge < -0.3 is 20.6 Å². The van der Waals surface area contributed by atoms with Gasteiger partial charge >= 0.3 is 5.97 Å². The van der Waals surface area contributed by atoms with Crippen LogP contribution in [-0.4, -0.2) is 65.2 Å². The molecular formula is C19H23FN4O4. The molecule has 0 unspecified atom stereocenters. The summed E-state index contributed by atoms with van der Waals surface area (Å²) in [6.07, 6.45) is -1.18. The number of likely N-dealkylation sites (tertiary alicyclic amines) is 1. The van der Waals surface area contributed by atoms with Gasteiger partial charge in [-0.1, -0.05) is 12.1 Å². The van der Waals surface area contributed by atoms with Gasteiger partial charge in [0.15, 0.2) is 0 Å². The summed E-state index contributed by atoms with van der Waals surface area (Å²) in [5, 5.41) is 23.8. The van der Waals surface area contributed by atoms with E-state index in [-0.39, 0.29) is 43.1 Å². The van der Waals surface area contributed by atoms with E-state index < -0.39 is 29.6 Å². The van der Waals surface area contributed by atoms with Crippen molar-refractivity contribution in [2.24, 2.45) is 0 Å². The molecule has 1 aromatic rings. The maximum Gasteiger partial charge on any atom is 0.336 e. The number of aromatic carboxylic acids is 1. The minimum Gasteiger partial charge on any atom is -0.478 e. The fourth-order valence-corrected chi connectivity index (χ4v) is 2.93. The van der Waals surface area contributed by atoms with E-state index in [1.807, 2.05) is 6.07 Å². The van der Waals surface area contributed by atoms with E-state index in [4.69, 9.17) is 10.4 Å². The van der Waals surface area contributed by atoms with Crippen LogP contribution in [-0.2, 0) is 4.79 Å². The molecular weight excluding hydrogens is 367 g/mol. The van der Waals surface area contributed by atoms with Gasteiger partial charge in [-0.2, -0.15) is 5.26 Å². The Morgan fingerprint density at radius 2 is 1.96 bits per heavy atom. The normalized spacial score (nSPS) is 19.1. The molecule has 2 rings (SSSR count). The monoisotopic (exact) mass is 390 g/mol. The summed E-state index contributed by atoms with van der Waals surface area (Å²) in [6.45, 7) is 3.43. The van der Waals surface area contributed by atoms with E-state index in [2.05, 4.69) is 10.6 Å². The molecule has 1 aliphatic heterocycles. The minimum atomic E-state index is -1.20. The van der Waals surface area contributed by atoms with Gasteiger partial charge in [-0.05, 0) is 26.0 Å². The Morgan fingerprint density at radius 1 is 1.32 bits per heavy atom. The van der Waals surface area contributed by atoms with Crippen molar-refractivity contribution in [3.05, 3.63) is 35.4 Å². The molecule has 1 saturated heterocycles. The molecule has 0 aromatic heterocycles. The molecule has 28 heavy (non-hydrogen) atoms. The van der Waals surface area contributed by atoms with Crippen LogP contribution >= 0.6 is 0 Å². The van der Waals surface area contributed by atoms with Crippen molar-refractivity contribution in [2.75, 3.05) is 19.6 Å². The molecule has 2 atom stereocenters. The average molecular weight is 390 g/mol. The zero-order valence-electron chi connectivity index (χ0n) is 15.7. The van der Waals surface area contributed by atoms with Crippen molar-refractivity contribution in [3.63, 3.8) is 0 Å². The van der Waals surface area contributed by atoms with Crippen LogP contribution < -0.4 is 10.6 Å². The Morgan fingerprint density at radius 3 is 2.57 bits per heavy atom. The molecule has 150 valence electrons. The first kappa shape index (κ1) is 21.3. The summed E-state index contributed by atoms with van der Waals surface area (Å²) in [4.78, 5) is 37.0. The van der Waals surface area contributed by atoms with Crippen LogP contribution in [0.2, 0.25) is 0 Å². The highest BCUT2D eigenvalue weighted by Gasteiger charge is 2.35. The lowest BCUT2D eigenvalue weighted by molar-refractivity contribution is -0.130. The molecule has 0 radical (unpaired) electrons. The van der Waals surface area contributed by atoms with Gasteiger partial charge in [0, 0.05) is 18.5 Å². The number of alkyl halides is 1. The van der Waals surface area contributed by atoms with Crippen LogP contribution in [0, 0.1) is 11.3 Å². The predicted molar refractivity (Wildman–Crippen MR) is 98.4 cm³/mol. The number of carbonyl (C=O) groups is 3. The van der Waals surface area contributed by atoms with E-state index in [0.29, 0.717) is 0 Å². The van der Waals surface area contributed by atoms with Crippen LogP contribution in [0.5, 0.6) is 0 Å². The standard InChI is InChI=1S/C19H23FN4O4/c1-19(2,23-9-16(25)24-10-12(20)7-13(24)8-21)11-22-17(26)14-5-3-4-6-15(14)18(27)28/h3-6,12-13,23H,7,9-11H2,1-2H3,(H,22,26)(H,27,28)/t12-,13-/m0/s1. The van der Waals surface area contributed by atoms with Crippen molar-refractivity contribution in [3.8, 4) is 6.07 Å². The Balaban J connectivity index is 1.90. The molecule has 3 N–H and O–H groups in total. The zero-order chi connectivity index (χ0) is 20.9. The molecule has 1 heterocycles. The second-order valence-corrected chi connectivity index (χ2v) is 7.29. The predicted octanol–water partition coefficient (Wildman–Crippen LogP) is 0.945. The molecule has 8 nitrogen and oxygen atoms in total. The molecule has 1 fully saturated rings. The Bertz CT molecular complexity index is 805. The Hall–Kier alpha value is -2.99. The summed E-state index contributed by atoms with van der Waals surface area (Å²) in [5.74, 6) is -2.12. The van der Waals surface area contributed by atoms with Crippen molar-refractivity contribution < 1.29 is 23.9 Å². The maximum absolute atomic E-state index is 13.5. The third-order valence-corrected chi connectivity index (χ3v) is 4.53. The number of nitriles is 1. The first-order valence-corrected chi connectivity index (χ1v) is 8.83. The fourth-order valence-electron chi connectivity index (χ4n) is 2.93. The molecule has 1 aliphatic rings. The lowest BCUT2D eigenvalue weighted by atomic mass is 10.0. The topological polar surface area (TPSA) is 123 Å². The third kappa shape index (κ3) is 5.27. The summed E-state index contributed by atoms with van der Waals surface area (Å²) >= 11 is 0. The van der Waals surface area contributed by atoms with Gasteiger partial charge in [-0.3, -0.25) is 9.59 Å². The highest BCUT2D eigenvalue weighted by molar-refractivity contribution is 6.04. The first-order valence-electron chi connectivity index (χ1n) is 8.83. The van der Waals surface area contributed by atoms with E-state index in [9.17, 15) is 18.8 Å². The lowest BCUT2D eigenvalue weighted by Gasteiger charge is -2.28. The van der Waals surface area contributed by atoms with Crippen LogP contribution in [0.25, 0.3) is 0 Å². The van der Waals surface area contributed by atoms with Gasteiger partial charge in [0.25, 0.3) is 5.91 Å². The minimum absolute atomic E-state index is 0.0185. The zero-order valence-corrected chi connectivity index (χ0v) is 15.7. The molecule has 0 aliphatic carbocycles. The smallest absolute Gasteiger partial charge is 0.336 e. The fraction of sp³-hybridized carbons (Fsp3) is 0.474. The van der Waals surface area contributed by atoms with E-state index >= 15 is 0 Å². The summed E-state index contributed by atoms with van der Waals surface area (Å²) in [7, 11) is 0. The number of hydrogen-bond acceptors (Lipinski definition) is 5. The Kier molecular flexibility index (Phi) is 6.70. The second-order valence-electron chi connectivity index (χ2n) is 7.29. The van der Waals surface area contributed by atoms with Crippen LogP contribution in [0.15, 0.2) is 24.3 Å². The quantitative estimate of drug-likeness (QED) is 0.637. The number of benzene rings is 1. The number of amides is 2. The van der Waals surface area contributed by atoms with Gasteiger partial charge in [0.2, 0.25) is 5.91 Å². The van der Waals surface area contributed by atoms with E-state index in [1.54, 1.807) is 19.9 Å². The number of carboxylic acid groups (broad SMARTS) is 1. The summed E-state index contributed by atoms with van der Waals surface area (Å²) < 4.78 is 13.5. The van der Waals surface area contributed by atoms with E-state index in [1.165, 1.54) is 23.1 Å². The van der Waals surface area contributed by atoms with Crippen LogP contribution in [0.3, 0.4) is 0 Å². The average Bonchev–Trinajstić information content (AvgIpc) is 3.05. The molecule has 1 aromatic carbocycles. The van der Waals surface area contributed by atoms with Crippen molar-refractivity contribution in [1.82, 2.24) is 15.5 Å². The van der Waals surface area contributed by atoms with Crippen LogP contribution in [0.4, 0.5) is 4.39 Å². The number of carboxylic acids is 1. The number of nitrogens with zero attached hydrogens (tertiary/aromatic N) is 2. The summed E-state index contributed by atoms with van der Waals surface area (Å²) in [6, 6.07) is 7.04. The highest BCUT2D eigenvalue weighted by Crippen LogP contribution is 2.19. The molecule has 0 saturated carbocycles. The van der Waals surface area contributed by atoms with Gasteiger partial charge in [0.05, 0.1) is 30.3 Å². The molecule has 2 amide bonds. The maximum atomic E-state index is 13.5. The largest absolute Gasteiger partial charge is 0.478 e. The molecule has 9 heteroatoms. The van der Waals surface area contributed by atoms with E-state index in [0.717, 1.165) is 0 Å². The second kappa shape index (κ2) is 8.80. The number of nitrogens with one attached hydrogen (secondary N) is 2. The van der Waals surface area contributed by atoms with Gasteiger partial charge in [-0.15, -0.1) is 0 Å². The van der Waals surface area contributed by atoms with Crippen molar-refractivity contribution in [1.29, 1.82) is 5.26 Å². The van der Waals surface area contributed by atoms with Crippen molar-refractivity contribution in [2.45, 2.75) is 38.0 Å². The summed E-state index contributed by atoms with van der Waals surface area (Å²) in [5.41, 5.74) is -0.747. The molecule has 0 spiro atoms. The van der Waals surface area contributed by atoms with Crippen LogP contribution in [0.1, 0.15) is 41.0 Å². The highest BCUT2D eigenvalue weighted by atomic mass is 19.1. The number of rotatable bonds is 7. The number of hydrogen-bond donors (Lipinski definition) is 3. The number of carbonyl (C=O) groups excluding carboxylic acids is 2. The number of halogens is 1. The van der Waals surface area contributed by atoms with Gasteiger partial charge in [0.1, 0.15) is 12.2 Å². The Labute approximate surface area is 162 Å². The molecule has 0 bridgehead atoms. The van der Waals surface area contributed by atoms with Gasteiger partial charge in [-0.25, -0.2) is 9.18 Å². The lowest BCUT2D eigenvalue weighted by Crippen LogP contribution is -2.53. The SMILES string of the molecule is CC(C)(CNC(=O)c1ccccc1C(=O)O)NCC(=O)N1C[C@@H](F)C[C@H]1C#N.